The summed E-state index contributed by atoms with van der Waals surface area (Å²) in [6, 6.07) is 0. The summed E-state index contributed by atoms with van der Waals surface area (Å²) in [4.78, 5) is 21.7. The molecule has 0 aliphatic heterocycles. The van der Waals surface area contributed by atoms with Crippen LogP contribution in [0.25, 0.3) is 0 Å². The molecule has 0 radical (unpaired) electrons. The molecule has 0 saturated heterocycles. The lowest BCUT2D eigenvalue weighted by Gasteiger charge is -2.21. The van der Waals surface area contributed by atoms with E-state index in [9.17, 15) is 0 Å². The van der Waals surface area contributed by atoms with Crippen LogP contribution >= 0.6 is 8.60 Å². The summed E-state index contributed by atoms with van der Waals surface area (Å²) >= 11 is 0. The minimum absolute atomic E-state index is 0.0882. The number of ether oxygens (including phenoxy) is 1. The number of aliphatic hydroxyl groups excluding tert-OH is 1. The van der Waals surface area contributed by atoms with Crippen molar-refractivity contribution in [2.75, 3.05) is 19.8 Å². The van der Waals surface area contributed by atoms with Crippen LogP contribution in [0.2, 0.25) is 0 Å². The van der Waals surface area contributed by atoms with Gasteiger partial charge in [0.2, 0.25) is 0 Å². The van der Waals surface area contributed by atoms with Gasteiger partial charge < -0.3 is 24.5 Å². The van der Waals surface area contributed by atoms with E-state index >= 15 is 0 Å². The van der Waals surface area contributed by atoms with Gasteiger partial charge in [-0.2, -0.15) is 0 Å². The third kappa shape index (κ3) is 33.1. The maximum atomic E-state index is 9.16. The fraction of sp³-hybridized carbons (Fsp3) is 1.00. The molecule has 0 heterocycles. The Labute approximate surface area is 182 Å². The molecule has 0 amide bonds. The van der Waals surface area contributed by atoms with E-state index in [1.807, 2.05) is 13.8 Å². The highest BCUT2D eigenvalue weighted by Crippen LogP contribution is 2.15. The number of unbranched alkanes of at least 4 members (excludes halogenated alkanes) is 15. The Kier molecular flexibility index (Phi) is 26.5. The molecular formula is C23H51O5P. The molecular weight excluding hydrogens is 387 g/mol. The maximum Gasteiger partial charge on any atom is 0.324 e. The van der Waals surface area contributed by atoms with E-state index in [2.05, 4.69) is 6.92 Å². The van der Waals surface area contributed by atoms with Crippen LogP contribution in [0.5, 0.6) is 0 Å². The van der Waals surface area contributed by atoms with E-state index < -0.39 is 8.60 Å². The van der Waals surface area contributed by atoms with Crippen LogP contribution in [0.3, 0.4) is 0 Å². The molecule has 29 heavy (non-hydrogen) atoms. The van der Waals surface area contributed by atoms with Crippen molar-refractivity contribution in [3.05, 3.63) is 0 Å². The third-order valence-corrected chi connectivity index (χ3v) is 5.06. The first kappa shape index (κ1) is 31.4. The SMILES string of the molecule is CCCCCCCCCCCCCCCCCCOCC(C)(C)CO.OP(O)O. The van der Waals surface area contributed by atoms with E-state index in [0.717, 1.165) is 6.61 Å². The second kappa shape index (κ2) is 24.5. The minimum atomic E-state index is -2.62. The van der Waals surface area contributed by atoms with Crippen LogP contribution in [0, 0.1) is 5.41 Å². The lowest BCUT2D eigenvalue weighted by molar-refractivity contribution is 0.0265. The maximum absolute atomic E-state index is 9.16. The lowest BCUT2D eigenvalue weighted by Crippen LogP contribution is -2.23. The molecule has 0 rings (SSSR count). The minimum Gasteiger partial charge on any atom is -0.396 e. The molecule has 0 fully saturated rings. The average molecular weight is 439 g/mol. The number of hydrogen-bond acceptors (Lipinski definition) is 5. The molecule has 178 valence electrons. The van der Waals surface area contributed by atoms with Gasteiger partial charge in [-0.05, 0) is 6.42 Å². The molecule has 0 aromatic heterocycles. The van der Waals surface area contributed by atoms with E-state index in [4.69, 9.17) is 24.5 Å². The quantitative estimate of drug-likeness (QED) is 0.129. The first-order valence-corrected chi connectivity index (χ1v) is 13.1. The van der Waals surface area contributed by atoms with Crippen LogP contribution < -0.4 is 0 Å². The van der Waals surface area contributed by atoms with Crippen molar-refractivity contribution in [3.63, 3.8) is 0 Å². The van der Waals surface area contributed by atoms with Crippen LogP contribution in [0.15, 0.2) is 0 Å². The van der Waals surface area contributed by atoms with E-state index in [0.29, 0.717) is 6.61 Å². The number of aliphatic hydroxyl groups is 1. The topological polar surface area (TPSA) is 90.2 Å². The first-order valence-electron chi connectivity index (χ1n) is 11.9. The Morgan fingerprint density at radius 3 is 1.24 bits per heavy atom. The van der Waals surface area contributed by atoms with Gasteiger partial charge in [0.15, 0.2) is 0 Å². The van der Waals surface area contributed by atoms with E-state index in [-0.39, 0.29) is 12.0 Å². The molecule has 0 atom stereocenters. The molecule has 4 N–H and O–H groups in total. The zero-order valence-electron chi connectivity index (χ0n) is 19.6. The van der Waals surface area contributed by atoms with Crippen LogP contribution in [-0.4, -0.2) is 39.6 Å². The summed E-state index contributed by atoms with van der Waals surface area (Å²) in [5.74, 6) is 0. The highest BCUT2D eigenvalue weighted by Gasteiger charge is 2.15. The van der Waals surface area contributed by atoms with Crippen LogP contribution in [0.1, 0.15) is 124 Å². The van der Waals surface area contributed by atoms with Crippen molar-refractivity contribution in [3.8, 4) is 0 Å². The second-order valence-corrected chi connectivity index (χ2v) is 9.48. The van der Waals surface area contributed by atoms with Gasteiger partial charge in [-0.3, -0.25) is 0 Å². The van der Waals surface area contributed by atoms with E-state index in [1.165, 1.54) is 103 Å². The summed E-state index contributed by atoms with van der Waals surface area (Å²) in [5, 5.41) is 9.16. The van der Waals surface area contributed by atoms with Gasteiger partial charge in [0.1, 0.15) is 0 Å². The van der Waals surface area contributed by atoms with Crippen LogP contribution in [-0.2, 0) is 4.74 Å². The fourth-order valence-corrected chi connectivity index (χ4v) is 3.15. The van der Waals surface area contributed by atoms with Gasteiger partial charge >= 0.3 is 8.60 Å². The standard InChI is InChI=1S/C23H48O2.H3O3P/c1-4-5-6-7-8-9-10-11-12-13-14-15-16-17-18-19-20-25-22-23(2,3)21-24;1-4(2)3/h24H,4-22H2,1-3H3;1-3H. The molecule has 0 aromatic rings. The Hall–Kier alpha value is 0.230. The van der Waals surface area contributed by atoms with Gasteiger partial charge in [-0.1, -0.05) is 117 Å². The summed E-state index contributed by atoms with van der Waals surface area (Å²) < 4.78 is 5.65. The summed E-state index contributed by atoms with van der Waals surface area (Å²) in [5.41, 5.74) is -0.0882. The Balaban J connectivity index is 0. The normalized spacial score (nSPS) is 11.6. The predicted molar refractivity (Wildman–Crippen MR) is 125 cm³/mol. The van der Waals surface area contributed by atoms with Gasteiger partial charge in [-0.15, -0.1) is 0 Å². The zero-order chi connectivity index (χ0) is 22.2. The van der Waals surface area contributed by atoms with Gasteiger partial charge in [0, 0.05) is 12.0 Å². The summed E-state index contributed by atoms with van der Waals surface area (Å²) in [6.07, 6.45) is 22.4. The molecule has 0 spiro atoms. The predicted octanol–water partition coefficient (Wildman–Crippen LogP) is 6.47. The second-order valence-electron chi connectivity index (χ2n) is 8.95. The third-order valence-electron chi connectivity index (χ3n) is 5.06. The highest BCUT2D eigenvalue weighted by molar-refractivity contribution is 7.38. The Bertz CT molecular complexity index is 298. The van der Waals surface area contributed by atoms with Crippen LogP contribution in [0.4, 0.5) is 0 Å². The summed E-state index contributed by atoms with van der Waals surface area (Å²) in [6.45, 7) is 8.09. The lowest BCUT2D eigenvalue weighted by atomic mass is 9.97. The largest absolute Gasteiger partial charge is 0.396 e. The molecule has 5 nitrogen and oxygen atoms in total. The highest BCUT2D eigenvalue weighted by atomic mass is 31.2. The average Bonchev–Trinajstić information content (AvgIpc) is 2.66. The molecule has 6 heteroatoms. The van der Waals surface area contributed by atoms with Crippen molar-refractivity contribution in [1.82, 2.24) is 0 Å². The molecule has 0 saturated carbocycles. The first-order chi connectivity index (χ1) is 13.9. The van der Waals surface area contributed by atoms with Crippen molar-refractivity contribution in [2.45, 2.75) is 124 Å². The monoisotopic (exact) mass is 438 g/mol. The zero-order valence-corrected chi connectivity index (χ0v) is 20.5. The van der Waals surface area contributed by atoms with Crippen molar-refractivity contribution >= 4 is 8.60 Å². The number of rotatable bonds is 20. The van der Waals surface area contributed by atoms with Gasteiger partial charge in [0.25, 0.3) is 0 Å². The van der Waals surface area contributed by atoms with Gasteiger partial charge in [-0.25, -0.2) is 0 Å². The molecule has 0 bridgehead atoms. The van der Waals surface area contributed by atoms with E-state index in [1.54, 1.807) is 0 Å². The van der Waals surface area contributed by atoms with Crippen molar-refractivity contribution in [2.24, 2.45) is 5.41 Å². The Morgan fingerprint density at radius 2 is 0.931 bits per heavy atom. The fourth-order valence-electron chi connectivity index (χ4n) is 3.15. The number of hydrogen-bond donors (Lipinski definition) is 4. The summed E-state index contributed by atoms with van der Waals surface area (Å²) in [7, 11) is -2.62. The smallest absolute Gasteiger partial charge is 0.324 e. The van der Waals surface area contributed by atoms with Crippen molar-refractivity contribution in [1.29, 1.82) is 0 Å². The van der Waals surface area contributed by atoms with Gasteiger partial charge in [0.05, 0.1) is 13.2 Å². The molecule has 0 unspecified atom stereocenters. The van der Waals surface area contributed by atoms with Crippen molar-refractivity contribution < 1.29 is 24.5 Å². The Morgan fingerprint density at radius 1 is 0.621 bits per heavy atom. The molecule has 0 aliphatic carbocycles. The molecule has 0 aromatic carbocycles. The molecule has 0 aliphatic rings.